The highest BCUT2D eigenvalue weighted by molar-refractivity contribution is 7.17. The van der Waals surface area contributed by atoms with Gasteiger partial charge in [0.05, 0.1) is 24.0 Å². The first-order valence-corrected chi connectivity index (χ1v) is 8.59. The standard InChI is InChI=1S/C20H15FO4S/c1-25-14-8-6-12(7-9-14)20-13(11-18(22)23)10-17(26-20)19(24)15-4-2-3-5-16(15)21/h2-10H,11H2,1H3,(H,22,23). The number of methoxy groups -OCH3 is 1. The van der Waals surface area contributed by atoms with Crippen LogP contribution < -0.4 is 4.74 Å². The Balaban J connectivity index is 2.05. The van der Waals surface area contributed by atoms with E-state index in [-0.39, 0.29) is 12.0 Å². The van der Waals surface area contributed by atoms with Gasteiger partial charge in [-0.05, 0) is 53.6 Å². The van der Waals surface area contributed by atoms with Crippen LogP contribution in [-0.4, -0.2) is 24.0 Å². The third-order valence-corrected chi connectivity index (χ3v) is 5.07. The second-order valence-corrected chi connectivity index (χ2v) is 6.63. The Morgan fingerprint density at radius 3 is 2.42 bits per heavy atom. The summed E-state index contributed by atoms with van der Waals surface area (Å²) in [6.07, 6.45) is -0.220. The predicted molar refractivity (Wildman–Crippen MR) is 97.5 cm³/mol. The quantitative estimate of drug-likeness (QED) is 0.653. The van der Waals surface area contributed by atoms with Crippen LogP contribution in [0.25, 0.3) is 10.4 Å². The average Bonchev–Trinajstić information content (AvgIpc) is 3.04. The molecule has 3 aromatic rings. The van der Waals surface area contributed by atoms with Gasteiger partial charge in [-0.1, -0.05) is 12.1 Å². The number of carboxylic acid groups (broad SMARTS) is 1. The first kappa shape index (κ1) is 17.8. The highest BCUT2D eigenvalue weighted by Crippen LogP contribution is 2.35. The molecule has 0 aliphatic carbocycles. The smallest absolute Gasteiger partial charge is 0.307 e. The fourth-order valence-corrected chi connectivity index (χ4v) is 3.74. The van der Waals surface area contributed by atoms with E-state index in [0.717, 1.165) is 16.9 Å². The summed E-state index contributed by atoms with van der Waals surface area (Å²) < 4.78 is 19.1. The molecular formula is C20H15FO4S. The maximum Gasteiger partial charge on any atom is 0.307 e. The molecule has 132 valence electrons. The number of ether oxygens (including phenoxy) is 1. The molecule has 26 heavy (non-hydrogen) atoms. The molecule has 0 saturated heterocycles. The lowest BCUT2D eigenvalue weighted by Gasteiger charge is -2.04. The van der Waals surface area contributed by atoms with E-state index in [1.807, 2.05) is 0 Å². The van der Waals surface area contributed by atoms with Crippen LogP contribution in [0.2, 0.25) is 0 Å². The zero-order valence-corrected chi connectivity index (χ0v) is 14.7. The second kappa shape index (κ2) is 7.49. The number of thiophene rings is 1. The Morgan fingerprint density at radius 2 is 1.81 bits per heavy atom. The summed E-state index contributed by atoms with van der Waals surface area (Å²) in [4.78, 5) is 24.8. The van der Waals surface area contributed by atoms with Gasteiger partial charge in [-0.2, -0.15) is 0 Å². The normalized spacial score (nSPS) is 10.5. The Kier molecular flexibility index (Phi) is 5.14. The molecule has 0 unspecified atom stereocenters. The first-order valence-electron chi connectivity index (χ1n) is 7.77. The summed E-state index contributed by atoms with van der Waals surface area (Å²) in [5.74, 6) is -1.38. The molecule has 0 spiro atoms. The largest absolute Gasteiger partial charge is 0.497 e. The highest BCUT2D eigenvalue weighted by atomic mass is 32.1. The summed E-state index contributed by atoms with van der Waals surface area (Å²) >= 11 is 1.16. The molecule has 0 aliphatic rings. The van der Waals surface area contributed by atoms with Gasteiger partial charge in [0.25, 0.3) is 0 Å². The van der Waals surface area contributed by atoms with Gasteiger partial charge in [0.2, 0.25) is 5.78 Å². The van der Waals surface area contributed by atoms with E-state index in [4.69, 9.17) is 9.84 Å². The maximum atomic E-state index is 13.9. The summed E-state index contributed by atoms with van der Waals surface area (Å²) in [7, 11) is 1.56. The fourth-order valence-electron chi connectivity index (χ4n) is 2.60. The van der Waals surface area contributed by atoms with Gasteiger partial charge in [0.1, 0.15) is 11.6 Å². The lowest BCUT2D eigenvalue weighted by Crippen LogP contribution is -2.02. The minimum atomic E-state index is -0.998. The maximum absolute atomic E-state index is 13.9. The van der Waals surface area contributed by atoms with E-state index in [1.54, 1.807) is 37.4 Å². The van der Waals surface area contributed by atoms with Crippen LogP contribution in [-0.2, 0) is 11.2 Å². The van der Waals surface area contributed by atoms with Crippen molar-refractivity contribution in [3.05, 3.63) is 76.4 Å². The number of ketones is 1. The number of rotatable bonds is 6. The molecule has 0 atom stereocenters. The number of carbonyl (C=O) groups is 2. The molecule has 3 rings (SSSR count). The SMILES string of the molecule is COc1ccc(-c2sc(C(=O)c3ccccc3F)cc2CC(=O)O)cc1. The van der Waals surface area contributed by atoms with Gasteiger partial charge in [0, 0.05) is 4.88 Å². The molecule has 0 aliphatic heterocycles. The average molecular weight is 370 g/mol. The van der Waals surface area contributed by atoms with Crippen LogP contribution in [0, 0.1) is 5.82 Å². The highest BCUT2D eigenvalue weighted by Gasteiger charge is 2.20. The fraction of sp³-hybridized carbons (Fsp3) is 0.100. The monoisotopic (exact) mass is 370 g/mol. The Hall–Kier alpha value is -2.99. The van der Waals surface area contributed by atoms with Crippen molar-refractivity contribution in [2.75, 3.05) is 7.11 Å². The second-order valence-electron chi connectivity index (χ2n) is 5.57. The predicted octanol–water partition coefficient (Wildman–Crippen LogP) is 4.42. The van der Waals surface area contributed by atoms with E-state index in [9.17, 15) is 14.0 Å². The van der Waals surface area contributed by atoms with Gasteiger partial charge in [0.15, 0.2) is 0 Å². The van der Waals surface area contributed by atoms with Crippen LogP contribution in [0.3, 0.4) is 0 Å². The number of benzene rings is 2. The molecule has 0 bridgehead atoms. The topological polar surface area (TPSA) is 63.6 Å². The molecule has 0 fully saturated rings. The Labute approximate surface area is 153 Å². The van der Waals surface area contributed by atoms with Crippen LogP contribution in [0.5, 0.6) is 5.75 Å². The molecule has 0 saturated carbocycles. The van der Waals surface area contributed by atoms with E-state index >= 15 is 0 Å². The summed E-state index contributed by atoms with van der Waals surface area (Å²) in [5.41, 5.74) is 1.27. The van der Waals surface area contributed by atoms with Crippen LogP contribution in [0.15, 0.2) is 54.6 Å². The van der Waals surface area contributed by atoms with Crippen LogP contribution in [0.4, 0.5) is 4.39 Å². The summed E-state index contributed by atoms with van der Waals surface area (Å²) in [6, 6.07) is 14.4. The number of aliphatic carboxylic acids is 1. The minimum Gasteiger partial charge on any atom is -0.497 e. The van der Waals surface area contributed by atoms with Crippen molar-refractivity contribution in [3.63, 3.8) is 0 Å². The van der Waals surface area contributed by atoms with Crippen molar-refractivity contribution in [2.45, 2.75) is 6.42 Å². The third kappa shape index (κ3) is 3.65. The van der Waals surface area contributed by atoms with Gasteiger partial charge in [-0.3, -0.25) is 9.59 Å². The lowest BCUT2D eigenvalue weighted by atomic mass is 10.0. The number of hydrogen-bond acceptors (Lipinski definition) is 4. The van der Waals surface area contributed by atoms with E-state index < -0.39 is 17.6 Å². The van der Waals surface area contributed by atoms with Crippen LogP contribution in [0.1, 0.15) is 20.8 Å². The number of hydrogen-bond donors (Lipinski definition) is 1. The Morgan fingerprint density at radius 1 is 1.12 bits per heavy atom. The molecule has 0 amide bonds. The van der Waals surface area contributed by atoms with Gasteiger partial charge in [-0.25, -0.2) is 4.39 Å². The van der Waals surface area contributed by atoms with Crippen molar-refractivity contribution >= 4 is 23.1 Å². The van der Waals surface area contributed by atoms with Crippen molar-refractivity contribution in [1.29, 1.82) is 0 Å². The van der Waals surface area contributed by atoms with Crippen molar-refractivity contribution in [1.82, 2.24) is 0 Å². The van der Waals surface area contributed by atoms with Crippen molar-refractivity contribution in [3.8, 4) is 16.2 Å². The van der Waals surface area contributed by atoms with Gasteiger partial charge >= 0.3 is 5.97 Å². The molecule has 4 nitrogen and oxygen atoms in total. The van der Waals surface area contributed by atoms with Crippen molar-refractivity contribution in [2.24, 2.45) is 0 Å². The molecule has 1 aromatic heterocycles. The van der Waals surface area contributed by atoms with E-state index in [1.165, 1.54) is 24.3 Å². The lowest BCUT2D eigenvalue weighted by molar-refractivity contribution is -0.136. The molecule has 1 N–H and O–H groups in total. The molecule has 0 radical (unpaired) electrons. The first-order chi connectivity index (χ1) is 12.5. The zero-order chi connectivity index (χ0) is 18.7. The minimum absolute atomic E-state index is 0.0306. The number of carboxylic acids is 1. The number of halogens is 1. The molecule has 1 heterocycles. The van der Waals surface area contributed by atoms with Gasteiger partial charge in [-0.15, -0.1) is 11.3 Å². The van der Waals surface area contributed by atoms with Gasteiger partial charge < -0.3 is 9.84 Å². The zero-order valence-electron chi connectivity index (χ0n) is 13.9. The van der Waals surface area contributed by atoms with E-state index in [2.05, 4.69) is 0 Å². The molecule has 2 aromatic carbocycles. The summed E-state index contributed by atoms with van der Waals surface area (Å²) in [6.45, 7) is 0. The molecule has 6 heteroatoms. The summed E-state index contributed by atoms with van der Waals surface area (Å²) in [5, 5.41) is 9.17. The van der Waals surface area contributed by atoms with Crippen LogP contribution >= 0.6 is 11.3 Å². The Bertz CT molecular complexity index is 960. The van der Waals surface area contributed by atoms with E-state index in [0.29, 0.717) is 21.1 Å². The van der Waals surface area contributed by atoms with Crippen molar-refractivity contribution < 1.29 is 23.8 Å². The number of carbonyl (C=O) groups excluding carboxylic acids is 1. The molecular weight excluding hydrogens is 355 g/mol. The third-order valence-electron chi connectivity index (χ3n) is 3.85.